The van der Waals surface area contributed by atoms with Gasteiger partial charge in [0.15, 0.2) is 0 Å². The standard InChI is InChI=1S/C7H12O3.C5H8O3.2Ag/c1-7(2,3)5(8)4-6(9)10;1-3(4(2)6)5(7)8;;/h4H2,1-3H3,(H,9,10);3H,1-2H3,(H,7,8);;/q;;2*+1/p-2. The van der Waals surface area contributed by atoms with Crippen molar-refractivity contribution in [2.75, 3.05) is 0 Å². The molecule has 0 aliphatic carbocycles. The molecule has 124 valence electrons. The van der Waals surface area contributed by atoms with Gasteiger partial charge in [-0.3, -0.25) is 9.59 Å². The van der Waals surface area contributed by atoms with E-state index in [9.17, 15) is 29.4 Å². The van der Waals surface area contributed by atoms with Gasteiger partial charge in [0.05, 0.1) is 11.9 Å². The minimum atomic E-state index is -1.31. The van der Waals surface area contributed by atoms with Gasteiger partial charge in [-0.05, 0) is 6.92 Å². The Morgan fingerprint density at radius 2 is 1.35 bits per heavy atom. The topological polar surface area (TPSA) is 114 Å². The quantitative estimate of drug-likeness (QED) is 0.370. The van der Waals surface area contributed by atoms with Crippen molar-refractivity contribution in [2.24, 2.45) is 11.3 Å². The molecule has 0 rings (SSSR count). The van der Waals surface area contributed by atoms with Crippen molar-refractivity contribution in [1.82, 2.24) is 0 Å². The van der Waals surface area contributed by atoms with Crippen LogP contribution in [-0.4, -0.2) is 23.5 Å². The van der Waals surface area contributed by atoms with Gasteiger partial charge < -0.3 is 19.8 Å². The first-order valence-corrected chi connectivity index (χ1v) is 5.34. The smallest absolute Gasteiger partial charge is 0.550 e. The van der Waals surface area contributed by atoms with Crippen molar-refractivity contribution in [3.05, 3.63) is 0 Å². The summed E-state index contributed by atoms with van der Waals surface area (Å²) in [5, 5.41) is 19.7. The minimum absolute atomic E-state index is 0. The molecule has 0 aromatic rings. The Balaban J connectivity index is -0.000000119. The van der Waals surface area contributed by atoms with Crippen molar-refractivity contribution in [1.29, 1.82) is 0 Å². The number of Topliss-reactive ketones (excluding diaryl/α,β-unsaturated/α-hetero) is 2. The van der Waals surface area contributed by atoms with Crippen LogP contribution < -0.4 is 10.2 Å². The number of aliphatic carboxylic acids is 2. The van der Waals surface area contributed by atoms with Gasteiger partial charge in [-0.1, -0.05) is 27.7 Å². The minimum Gasteiger partial charge on any atom is -0.550 e. The molecular weight excluding hydrogens is 456 g/mol. The van der Waals surface area contributed by atoms with E-state index >= 15 is 0 Å². The molecule has 8 heteroatoms. The number of carbonyl (C=O) groups is 4. The zero-order chi connectivity index (χ0) is 15.1. The SMILES string of the molecule is CC(=O)C(C)C(=O)[O-].CC(C)(C)C(=O)CC(=O)[O-].[Ag+].[Ag+]. The second-order valence-electron chi connectivity index (χ2n) is 4.87. The molecule has 0 saturated carbocycles. The first-order chi connectivity index (χ1) is 7.89. The monoisotopic (exact) mass is 472 g/mol. The molecule has 0 bridgehead atoms. The molecule has 0 radical (unpaired) electrons. The summed E-state index contributed by atoms with van der Waals surface area (Å²) in [5.41, 5.74) is -0.569. The van der Waals surface area contributed by atoms with Crippen LogP contribution >= 0.6 is 0 Å². The molecule has 0 aliphatic rings. The average Bonchev–Trinajstić information content (AvgIpc) is 2.14. The second-order valence-corrected chi connectivity index (χ2v) is 4.87. The fraction of sp³-hybridized carbons (Fsp3) is 0.667. The van der Waals surface area contributed by atoms with Crippen molar-refractivity contribution in [2.45, 2.75) is 41.0 Å². The molecule has 20 heavy (non-hydrogen) atoms. The summed E-state index contributed by atoms with van der Waals surface area (Å²) >= 11 is 0. The number of carboxylic acids is 2. The molecule has 0 N–H and O–H groups in total. The van der Waals surface area contributed by atoms with Crippen LogP contribution in [0.2, 0.25) is 0 Å². The van der Waals surface area contributed by atoms with Crippen LogP contribution in [0.25, 0.3) is 0 Å². The van der Waals surface area contributed by atoms with Gasteiger partial charge in [-0.2, -0.15) is 0 Å². The maximum absolute atomic E-state index is 10.9. The van der Waals surface area contributed by atoms with Crippen molar-refractivity contribution >= 4 is 23.5 Å². The Morgan fingerprint density at radius 3 is 1.40 bits per heavy atom. The van der Waals surface area contributed by atoms with E-state index in [2.05, 4.69) is 0 Å². The summed E-state index contributed by atoms with van der Waals surface area (Å²) in [6, 6.07) is 0. The van der Waals surface area contributed by atoms with Crippen LogP contribution in [0.15, 0.2) is 0 Å². The first-order valence-electron chi connectivity index (χ1n) is 5.34. The third kappa shape index (κ3) is 15.8. The summed E-state index contributed by atoms with van der Waals surface area (Å²) in [7, 11) is 0. The third-order valence-corrected chi connectivity index (χ3v) is 2.10. The van der Waals surface area contributed by atoms with E-state index in [1.807, 2.05) is 0 Å². The zero-order valence-corrected chi connectivity index (χ0v) is 14.8. The van der Waals surface area contributed by atoms with E-state index < -0.39 is 29.7 Å². The maximum atomic E-state index is 10.9. The predicted octanol–water partition coefficient (Wildman–Crippen LogP) is -1.30. The van der Waals surface area contributed by atoms with Crippen molar-refractivity contribution < 1.29 is 74.2 Å². The summed E-state index contributed by atoms with van der Waals surface area (Å²) in [6.07, 6.45) is -0.483. The number of carbonyl (C=O) groups excluding carboxylic acids is 4. The Labute approximate surface area is 149 Å². The second kappa shape index (κ2) is 12.5. The van der Waals surface area contributed by atoms with Gasteiger partial charge >= 0.3 is 44.8 Å². The summed E-state index contributed by atoms with van der Waals surface area (Å²) in [6.45, 7) is 7.56. The fourth-order valence-electron chi connectivity index (χ4n) is 0.562. The van der Waals surface area contributed by atoms with Crippen LogP contribution in [0, 0.1) is 11.3 Å². The Morgan fingerprint density at radius 1 is 1.00 bits per heavy atom. The average molecular weight is 474 g/mol. The number of hydrogen-bond donors (Lipinski definition) is 0. The van der Waals surface area contributed by atoms with Gasteiger partial charge in [0.1, 0.15) is 11.6 Å². The van der Waals surface area contributed by atoms with Gasteiger partial charge in [0, 0.05) is 17.8 Å². The molecule has 0 heterocycles. The third-order valence-electron chi connectivity index (χ3n) is 2.10. The van der Waals surface area contributed by atoms with E-state index in [-0.39, 0.29) is 56.3 Å². The van der Waals surface area contributed by atoms with Crippen LogP contribution in [0.5, 0.6) is 0 Å². The molecule has 0 aromatic carbocycles. The molecule has 0 aromatic heterocycles. The number of hydrogen-bond acceptors (Lipinski definition) is 6. The molecule has 6 nitrogen and oxygen atoms in total. The van der Waals surface area contributed by atoms with E-state index in [1.165, 1.54) is 13.8 Å². The fourth-order valence-corrected chi connectivity index (χ4v) is 0.562. The van der Waals surface area contributed by atoms with Crippen LogP contribution in [0.4, 0.5) is 0 Å². The normalized spacial score (nSPS) is 10.7. The van der Waals surface area contributed by atoms with E-state index in [0.29, 0.717) is 0 Å². The van der Waals surface area contributed by atoms with Gasteiger partial charge in [0.2, 0.25) is 0 Å². The zero-order valence-electron chi connectivity index (χ0n) is 11.8. The molecule has 0 amide bonds. The largest absolute Gasteiger partial charge is 1.00 e. The number of rotatable bonds is 4. The Hall–Kier alpha value is -0.239. The number of carboxylic acid groups (broad SMARTS) is 2. The molecule has 0 spiro atoms. The Kier molecular flexibility index (Phi) is 17.5. The summed E-state index contributed by atoms with van der Waals surface area (Å²) in [5.74, 6) is -4.25. The van der Waals surface area contributed by atoms with Crippen LogP contribution in [-0.2, 0) is 63.9 Å². The van der Waals surface area contributed by atoms with E-state index in [4.69, 9.17) is 0 Å². The Bertz CT molecular complexity index is 332. The molecule has 0 saturated heterocycles. The molecular formula is C12H18Ag2O6. The summed E-state index contributed by atoms with van der Waals surface area (Å²) in [4.78, 5) is 40.8. The van der Waals surface area contributed by atoms with Crippen molar-refractivity contribution in [3.63, 3.8) is 0 Å². The number of ketones is 2. The maximum Gasteiger partial charge on any atom is 1.00 e. The molecule has 1 unspecified atom stereocenters. The molecule has 0 fully saturated rings. The molecule has 0 aliphatic heterocycles. The summed E-state index contributed by atoms with van der Waals surface area (Å²) < 4.78 is 0. The van der Waals surface area contributed by atoms with Gasteiger partial charge in [0.25, 0.3) is 0 Å². The van der Waals surface area contributed by atoms with E-state index in [0.717, 1.165) is 0 Å². The van der Waals surface area contributed by atoms with Gasteiger partial charge in [-0.25, -0.2) is 0 Å². The first kappa shape index (κ1) is 28.0. The van der Waals surface area contributed by atoms with Gasteiger partial charge in [-0.15, -0.1) is 0 Å². The van der Waals surface area contributed by atoms with Crippen LogP contribution in [0.3, 0.4) is 0 Å². The van der Waals surface area contributed by atoms with Crippen LogP contribution in [0.1, 0.15) is 41.0 Å². The van der Waals surface area contributed by atoms with Crippen molar-refractivity contribution in [3.8, 4) is 0 Å². The molecule has 1 atom stereocenters. The van der Waals surface area contributed by atoms with E-state index in [1.54, 1.807) is 20.8 Å². The predicted molar refractivity (Wildman–Crippen MR) is 58.9 cm³/mol.